The molecule has 2 N–H and O–H groups in total. The fourth-order valence-corrected chi connectivity index (χ4v) is 3.24. The first-order valence-electron chi connectivity index (χ1n) is 9.55. The van der Waals surface area contributed by atoms with Crippen LogP contribution in [0, 0.1) is 5.92 Å². The highest BCUT2D eigenvalue weighted by atomic mass is 35.5. The maximum Gasteiger partial charge on any atom is 0.337 e. The van der Waals surface area contributed by atoms with E-state index in [4.69, 9.17) is 9.47 Å². The number of amides is 1. The molecule has 1 saturated heterocycles. The Morgan fingerprint density at radius 3 is 2.66 bits per heavy atom. The molecule has 1 unspecified atom stereocenters. The third-order valence-electron chi connectivity index (χ3n) is 4.85. The zero-order valence-electron chi connectivity index (χ0n) is 16.5. The molecule has 1 aliphatic heterocycles. The van der Waals surface area contributed by atoms with E-state index in [1.54, 1.807) is 18.2 Å². The molecule has 6 nitrogen and oxygen atoms in total. The molecule has 1 atom stereocenters. The van der Waals surface area contributed by atoms with Gasteiger partial charge in [0.1, 0.15) is 12.4 Å². The third kappa shape index (κ3) is 6.76. The quantitative estimate of drug-likeness (QED) is 0.637. The maximum absolute atomic E-state index is 12.4. The Labute approximate surface area is 177 Å². The van der Waals surface area contributed by atoms with Gasteiger partial charge in [-0.3, -0.25) is 4.79 Å². The summed E-state index contributed by atoms with van der Waals surface area (Å²) in [6.07, 6.45) is 2.39. The lowest BCUT2D eigenvalue weighted by Gasteiger charge is -2.14. The van der Waals surface area contributed by atoms with Crippen LogP contribution in [0.15, 0.2) is 48.5 Å². The highest BCUT2D eigenvalue weighted by Crippen LogP contribution is 2.28. The van der Waals surface area contributed by atoms with Gasteiger partial charge in [0.2, 0.25) is 5.91 Å². The average Bonchev–Trinajstić information content (AvgIpc) is 3.25. The van der Waals surface area contributed by atoms with Crippen molar-refractivity contribution < 1.29 is 19.1 Å². The number of anilines is 1. The molecule has 0 aliphatic carbocycles. The Morgan fingerprint density at radius 1 is 1.17 bits per heavy atom. The summed E-state index contributed by atoms with van der Waals surface area (Å²) in [4.78, 5) is 24.3. The molecule has 7 heteroatoms. The van der Waals surface area contributed by atoms with Gasteiger partial charge in [-0.2, -0.15) is 0 Å². The van der Waals surface area contributed by atoms with Gasteiger partial charge in [-0.25, -0.2) is 4.79 Å². The number of hydrogen-bond donors (Lipinski definition) is 2. The number of halogens is 1. The highest BCUT2D eigenvalue weighted by molar-refractivity contribution is 5.96. The van der Waals surface area contributed by atoms with Crippen LogP contribution in [0.4, 0.5) is 5.69 Å². The molecule has 2 aromatic carbocycles. The van der Waals surface area contributed by atoms with E-state index in [9.17, 15) is 9.59 Å². The van der Waals surface area contributed by atoms with Crippen molar-refractivity contribution in [1.82, 2.24) is 5.32 Å². The van der Waals surface area contributed by atoms with Gasteiger partial charge in [0.25, 0.3) is 0 Å². The molecule has 1 amide bonds. The predicted octanol–water partition coefficient (Wildman–Crippen LogP) is 3.80. The van der Waals surface area contributed by atoms with Gasteiger partial charge >= 0.3 is 5.97 Å². The summed E-state index contributed by atoms with van der Waals surface area (Å²) >= 11 is 0. The summed E-state index contributed by atoms with van der Waals surface area (Å²) in [6.45, 7) is 2.36. The van der Waals surface area contributed by atoms with Gasteiger partial charge in [0.15, 0.2) is 0 Å². The molecule has 1 aliphatic rings. The van der Waals surface area contributed by atoms with Crippen LogP contribution in [0.1, 0.15) is 35.2 Å². The molecule has 0 saturated carbocycles. The molecule has 0 bridgehead atoms. The van der Waals surface area contributed by atoms with Gasteiger partial charge in [0, 0.05) is 6.42 Å². The number of methoxy groups -OCH3 is 1. The summed E-state index contributed by atoms with van der Waals surface area (Å²) in [5, 5.41) is 6.21. The van der Waals surface area contributed by atoms with Crippen LogP contribution in [-0.4, -0.2) is 32.1 Å². The maximum atomic E-state index is 12.4. The number of benzene rings is 2. The van der Waals surface area contributed by atoms with Crippen LogP contribution in [-0.2, 0) is 16.1 Å². The zero-order valence-corrected chi connectivity index (χ0v) is 17.3. The Kier molecular flexibility index (Phi) is 8.96. The Balaban J connectivity index is 0.00000300. The Morgan fingerprint density at radius 2 is 1.97 bits per heavy atom. The minimum atomic E-state index is -0.456. The van der Waals surface area contributed by atoms with E-state index < -0.39 is 5.97 Å². The normalized spacial score (nSPS) is 15.3. The second kappa shape index (κ2) is 11.4. The van der Waals surface area contributed by atoms with Crippen molar-refractivity contribution in [2.24, 2.45) is 5.92 Å². The largest absolute Gasteiger partial charge is 0.487 e. The molecule has 1 fully saturated rings. The third-order valence-corrected chi connectivity index (χ3v) is 4.85. The first kappa shape index (κ1) is 22.7. The molecule has 29 heavy (non-hydrogen) atoms. The van der Waals surface area contributed by atoms with E-state index in [0.29, 0.717) is 35.9 Å². The molecule has 0 aromatic heterocycles. The lowest BCUT2D eigenvalue weighted by atomic mass is 10.0. The van der Waals surface area contributed by atoms with Crippen molar-refractivity contribution in [3.05, 3.63) is 59.7 Å². The summed E-state index contributed by atoms with van der Waals surface area (Å²) in [7, 11) is 1.33. The van der Waals surface area contributed by atoms with Crippen LogP contribution in [0.25, 0.3) is 0 Å². The van der Waals surface area contributed by atoms with Crippen LogP contribution in [0.2, 0.25) is 0 Å². The van der Waals surface area contributed by atoms with E-state index >= 15 is 0 Å². The SMILES string of the molecule is COC(=O)c1ccc(OCc2ccccc2)c(NC(=O)CCC2CCNC2)c1.Cl. The van der Waals surface area contributed by atoms with Gasteiger partial charge in [-0.05, 0) is 55.6 Å². The van der Waals surface area contributed by atoms with Crippen molar-refractivity contribution in [2.75, 3.05) is 25.5 Å². The smallest absolute Gasteiger partial charge is 0.337 e. The van der Waals surface area contributed by atoms with Gasteiger partial charge in [-0.15, -0.1) is 12.4 Å². The Hall–Kier alpha value is -2.57. The summed E-state index contributed by atoms with van der Waals surface area (Å²) in [5.74, 6) is 0.522. The summed E-state index contributed by atoms with van der Waals surface area (Å²) in [5.41, 5.74) is 1.86. The van der Waals surface area contributed by atoms with Crippen LogP contribution in [0.3, 0.4) is 0 Å². The number of rotatable bonds is 8. The van der Waals surface area contributed by atoms with Gasteiger partial charge in [-0.1, -0.05) is 30.3 Å². The first-order chi connectivity index (χ1) is 13.7. The van der Waals surface area contributed by atoms with E-state index in [2.05, 4.69) is 10.6 Å². The van der Waals surface area contributed by atoms with Crippen molar-refractivity contribution in [1.29, 1.82) is 0 Å². The van der Waals surface area contributed by atoms with E-state index in [-0.39, 0.29) is 18.3 Å². The predicted molar refractivity (Wildman–Crippen MR) is 115 cm³/mol. The van der Waals surface area contributed by atoms with Crippen molar-refractivity contribution in [2.45, 2.75) is 25.9 Å². The van der Waals surface area contributed by atoms with Crippen LogP contribution in [0.5, 0.6) is 5.75 Å². The molecule has 156 valence electrons. The molecule has 1 heterocycles. The molecule has 0 radical (unpaired) electrons. The fourth-order valence-electron chi connectivity index (χ4n) is 3.24. The van der Waals surface area contributed by atoms with Crippen LogP contribution < -0.4 is 15.4 Å². The molecular weight excluding hydrogens is 392 g/mol. The highest BCUT2D eigenvalue weighted by Gasteiger charge is 2.17. The van der Waals surface area contributed by atoms with E-state index in [1.165, 1.54) is 7.11 Å². The lowest BCUT2D eigenvalue weighted by molar-refractivity contribution is -0.116. The summed E-state index contributed by atoms with van der Waals surface area (Å²) < 4.78 is 10.7. The lowest BCUT2D eigenvalue weighted by Crippen LogP contribution is -2.16. The Bertz CT molecular complexity index is 808. The standard InChI is InChI=1S/C22H26N2O4.ClH/c1-27-22(26)18-8-9-20(28-15-17-5-3-2-4-6-17)19(13-18)24-21(25)10-7-16-11-12-23-14-16;/h2-6,8-9,13,16,23H,7,10-12,14-15H2,1H3,(H,24,25);1H. The number of esters is 1. The number of nitrogens with one attached hydrogen (secondary N) is 2. The second-order valence-corrected chi connectivity index (χ2v) is 6.92. The average molecular weight is 419 g/mol. The fraction of sp³-hybridized carbons (Fsp3) is 0.364. The van der Waals surface area contributed by atoms with Crippen molar-refractivity contribution in [3.63, 3.8) is 0 Å². The number of hydrogen-bond acceptors (Lipinski definition) is 5. The van der Waals surface area contributed by atoms with Crippen molar-refractivity contribution >= 4 is 30.0 Å². The number of carbonyl (C=O) groups is 2. The van der Waals surface area contributed by atoms with Gasteiger partial charge in [0.05, 0.1) is 18.4 Å². The second-order valence-electron chi connectivity index (χ2n) is 6.92. The number of ether oxygens (including phenoxy) is 2. The molecular formula is C22H27ClN2O4. The minimum absolute atomic E-state index is 0. The molecule has 2 aromatic rings. The monoisotopic (exact) mass is 418 g/mol. The topological polar surface area (TPSA) is 76.7 Å². The van der Waals surface area contributed by atoms with Crippen LogP contribution >= 0.6 is 12.4 Å². The molecule has 3 rings (SSSR count). The number of carbonyl (C=O) groups excluding carboxylic acids is 2. The first-order valence-corrected chi connectivity index (χ1v) is 9.55. The minimum Gasteiger partial charge on any atom is -0.487 e. The van der Waals surface area contributed by atoms with Crippen molar-refractivity contribution in [3.8, 4) is 5.75 Å². The van der Waals surface area contributed by atoms with E-state index in [1.807, 2.05) is 30.3 Å². The van der Waals surface area contributed by atoms with Gasteiger partial charge < -0.3 is 20.1 Å². The van der Waals surface area contributed by atoms with E-state index in [0.717, 1.165) is 31.5 Å². The summed E-state index contributed by atoms with van der Waals surface area (Å²) in [6, 6.07) is 14.7. The zero-order chi connectivity index (χ0) is 19.8. The molecule has 0 spiro atoms.